The molecule has 0 aliphatic heterocycles. The molecule has 0 spiro atoms. The highest BCUT2D eigenvalue weighted by molar-refractivity contribution is 5.78. The van der Waals surface area contributed by atoms with Crippen molar-refractivity contribution in [3.8, 4) is 0 Å². The summed E-state index contributed by atoms with van der Waals surface area (Å²) in [6.07, 6.45) is 4.29. The molecule has 1 amide bonds. The van der Waals surface area contributed by atoms with Gasteiger partial charge in [-0.05, 0) is 45.7 Å². The number of nitrogens with one attached hydrogen (secondary N) is 1. The van der Waals surface area contributed by atoms with E-state index in [9.17, 15) is 4.79 Å². The summed E-state index contributed by atoms with van der Waals surface area (Å²) < 4.78 is 0. The number of hydrogen-bond donors (Lipinski definition) is 2. The summed E-state index contributed by atoms with van der Waals surface area (Å²) in [5, 5.41) is 11.4. The van der Waals surface area contributed by atoms with E-state index in [2.05, 4.69) is 24.3 Å². The lowest BCUT2D eigenvalue weighted by molar-refractivity contribution is -0.126. The first-order chi connectivity index (χ1) is 7.63. The van der Waals surface area contributed by atoms with Crippen LogP contribution in [0.4, 0.5) is 0 Å². The number of carbonyl (C=O) groups is 1. The molecule has 0 aromatic carbocycles. The third-order valence-corrected chi connectivity index (χ3v) is 3.25. The topological polar surface area (TPSA) is 52.6 Å². The smallest absolute Gasteiger partial charge is 0.223 e. The maximum Gasteiger partial charge on any atom is 0.223 e. The minimum Gasteiger partial charge on any atom is -0.395 e. The van der Waals surface area contributed by atoms with Gasteiger partial charge < -0.3 is 15.3 Å². The number of rotatable bonds is 5. The third kappa shape index (κ3) is 4.49. The standard InChI is InChI=1S/C12H24N2O2/c1-14(2)9-10-3-5-11(6-4-10)12(16)13-7-8-15/h10-11,15H,3-9H2,1-2H3,(H,13,16). The van der Waals surface area contributed by atoms with E-state index in [0.717, 1.165) is 38.1 Å². The molecule has 0 unspecified atom stereocenters. The Morgan fingerprint density at radius 3 is 2.44 bits per heavy atom. The van der Waals surface area contributed by atoms with E-state index in [1.807, 2.05) is 0 Å². The molecule has 0 saturated heterocycles. The van der Waals surface area contributed by atoms with Gasteiger partial charge in [-0.2, -0.15) is 0 Å². The van der Waals surface area contributed by atoms with E-state index in [0.29, 0.717) is 6.54 Å². The third-order valence-electron chi connectivity index (χ3n) is 3.25. The van der Waals surface area contributed by atoms with Crippen molar-refractivity contribution in [1.29, 1.82) is 0 Å². The van der Waals surface area contributed by atoms with Gasteiger partial charge in [0.25, 0.3) is 0 Å². The Morgan fingerprint density at radius 2 is 1.94 bits per heavy atom. The van der Waals surface area contributed by atoms with E-state index in [1.54, 1.807) is 0 Å². The molecule has 1 fully saturated rings. The van der Waals surface area contributed by atoms with Crippen LogP contribution < -0.4 is 5.32 Å². The Balaban J connectivity index is 2.23. The number of aliphatic hydroxyl groups is 1. The first-order valence-corrected chi connectivity index (χ1v) is 6.16. The van der Waals surface area contributed by atoms with Crippen molar-refractivity contribution in [2.24, 2.45) is 11.8 Å². The van der Waals surface area contributed by atoms with Crippen molar-refractivity contribution in [2.75, 3.05) is 33.8 Å². The van der Waals surface area contributed by atoms with Gasteiger partial charge in [-0.1, -0.05) is 0 Å². The molecular formula is C12H24N2O2. The van der Waals surface area contributed by atoms with Crippen molar-refractivity contribution < 1.29 is 9.90 Å². The van der Waals surface area contributed by atoms with Gasteiger partial charge in [-0.3, -0.25) is 4.79 Å². The summed E-state index contributed by atoms with van der Waals surface area (Å²) in [4.78, 5) is 13.9. The molecule has 1 saturated carbocycles. The molecule has 4 nitrogen and oxygen atoms in total. The van der Waals surface area contributed by atoms with Gasteiger partial charge in [0.1, 0.15) is 0 Å². The highest BCUT2D eigenvalue weighted by Gasteiger charge is 2.25. The first kappa shape index (κ1) is 13.5. The molecule has 1 aliphatic rings. The molecule has 0 aromatic heterocycles. The van der Waals surface area contributed by atoms with E-state index < -0.39 is 0 Å². The summed E-state index contributed by atoms with van der Waals surface area (Å²) in [7, 11) is 4.19. The maximum absolute atomic E-state index is 11.7. The van der Waals surface area contributed by atoms with Crippen molar-refractivity contribution in [1.82, 2.24) is 10.2 Å². The molecule has 16 heavy (non-hydrogen) atoms. The second kappa shape index (κ2) is 6.86. The maximum atomic E-state index is 11.7. The molecular weight excluding hydrogens is 204 g/mol. The normalized spacial score (nSPS) is 25.8. The summed E-state index contributed by atoms with van der Waals surface area (Å²) in [5.74, 6) is 1.04. The van der Waals surface area contributed by atoms with Crippen LogP contribution in [0.3, 0.4) is 0 Å². The summed E-state index contributed by atoms with van der Waals surface area (Å²) in [5.41, 5.74) is 0. The fourth-order valence-electron chi connectivity index (χ4n) is 2.45. The van der Waals surface area contributed by atoms with Gasteiger partial charge in [-0.15, -0.1) is 0 Å². The molecule has 0 bridgehead atoms. The Bertz CT molecular complexity index is 211. The van der Waals surface area contributed by atoms with Gasteiger partial charge in [-0.25, -0.2) is 0 Å². The molecule has 1 aliphatic carbocycles. The number of carbonyl (C=O) groups excluding carboxylic acids is 1. The Hall–Kier alpha value is -0.610. The van der Waals surface area contributed by atoms with E-state index in [-0.39, 0.29) is 18.4 Å². The van der Waals surface area contributed by atoms with Gasteiger partial charge in [0.15, 0.2) is 0 Å². The summed E-state index contributed by atoms with van der Waals surface area (Å²) in [6.45, 7) is 1.54. The quantitative estimate of drug-likeness (QED) is 0.719. The summed E-state index contributed by atoms with van der Waals surface area (Å²) in [6, 6.07) is 0. The molecule has 2 N–H and O–H groups in total. The second-order valence-corrected chi connectivity index (χ2v) is 4.99. The van der Waals surface area contributed by atoms with Gasteiger partial charge >= 0.3 is 0 Å². The fraction of sp³-hybridized carbons (Fsp3) is 0.917. The molecule has 94 valence electrons. The summed E-state index contributed by atoms with van der Waals surface area (Å²) >= 11 is 0. The molecule has 0 aromatic rings. The molecule has 0 heterocycles. The lowest BCUT2D eigenvalue weighted by Gasteiger charge is -2.29. The van der Waals surface area contributed by atoms with Crippen molar-refractivity contribution in [2.45, 2.75) is 25.7 Å². The number of nitrogens with zero attached hydrogens (tertiary/aromatic N) is 1. The van der Waals surface area contributed by atoms with E-state index in [4.69, 9.17) is 5.11 Å². The minimum atomic E-state index is 0.0295. The van der Waals surface area contributed by atoms with Crippen LogP contribution in [-0.2, 0) is 4.79 Å². The number of hydrogen-bond acceptors (Lipinski definition) is 3. The molecule has 1 rings (SSSR count). The van der Waals surface area contributed by atoms with Gasteiger partial charge in [0.05, 0.1) is 6.61 Å². The van der Waals surface area contributed by atoms with Crippen LogP contribution in [-0.4, -0.2) is 49.7 Å². The van der Waals surface area contributed by atoms with E-state index in [1.165, 1.54) is 0 Å². The number of amides is 1. The van der Waals surface area contributed by atoms with Crippen LogP contribution in [0.15, 0.2) is 0 Å². The van der Waals surface area contributed by atoms with Crippen LogP contribution in [0.2, 0.25) is 0 Å². The molecule has 0 radical (unpaired) electrons. The van der Waals surface area contributed by atoms with Gasteiger partial charge in [0, 0.05) is 19.0 Å². The largest absolute Gasteiger partial charge is 0.395 e. The minimum absolute atomic E-state index is 0.0295. The molecule has 0 atom stereocenters. The Morgan fingerprint density at radius 1 is 1.31 bits per heavy atom. The molecule has 4 heteroatoms. The zero-order valence-corrected chi connectivity index (χ0v) is 10.4. The first-order valence-electron chi connectivity index (χ1n) is 6.16. The van der Waals surface area contributed by atoms with Crippen molar-refractivity contribution >= 4 is 5.91 Å². The average Bonchev–Trinajstić information content (AvgIpc) is 2.26. The van der Waals surface area contributed by atoms with Gasteiger partial charge in [0.2, 0.25) is 5.91 Å². The van der Waals surface area contributed by atoms with Crippen LogP contribution in [0.25, 0.3) is 0 Å². The lowest BCUT2D eigenvalue weighted by atomic mass is 9.81. The van der Waals surface area contributed by atoms with Crippen LogP contribution in [0.5, 0.6) is 0 Å². The Kier molecular flexibility index (Phi) is 5.77. The van der Waals surface area contributed by atoms with Crippen molar-refractivity contribution in [3.63, 3.8) is 0 Å². The van der Waals surface area contributed by atoms with E-state index >= 15 is 0 Å². The highest BCUT2D eigenvalue weighted by Crippen LogP contribution is 2.29. The van der Waals surface area contributed by atoms with Crippen molar-refractivity contribution in [3.05, 3.63) is 0 Å². The Labute approximate surface area is 98.0 Å². The van der Waals surface area contributed by atoms with Crippen LogP contribution in [0.1, 0.15) is 25.7 Å². The van der Waals surface area contributed by atoms with Crippen LogP contribution >= 0.6 is 0 Å². The predicted octanol–water partition coefficient (Wildman–Crippen LogP) is 0.463. The highest BCUT2D eigenvalue weighted by atomic mass is 16.3. The SMILES string of the molecule is CN(C)CC1CCC(C(=O)NCCO)CC1. The van der Waals surface area contributed by atoms with Crippen LogP contribution in [0, 0.1) is 11.8 Å². The monoisotopic (exact) mass is 228 g/mol. The zero-order valence-electron chi connectivity index (χ0n) is 10.4. The fourth-order valence-corrected chi connectivity index (χ4v) is 2.45. The zero-order chi connectivity index (χ0) is 12.0. The second-order valence-electron chi connectivity index (χ2n) is 4.99. The predicted molar refractivity (Wildman–Crippen MR) is 64.1 cm³/mol. The lowest BCUT2D eigenvalue weighted by Crippen LogP contribution is -2.36. The number of aliphatic hydroxyl groups excluding tert-OH is 1. The average molecular weight is 228 g/mol.